The number of aryl methyl sites for hydroxylation is 2. The van der Waals surface area contributed by atoms with Crippen molar-refractivity contribution < 1.29 is 0 Å². The molecule has 35 heavy (non-hydrogen) atoms. The second-order valence-corrected chi connectivity index (χ2v) is 9.39. The standard InChI is InChI=1S/C29H30N6/c1-33-13-15-34(16-14-33)26-9-7-23(8-10-26)24-17-27-28(20-31-29(27)30-18-24)25-19-32-35(21-25)12-11-22-5-3-2-4-6-22/h2-10,17-21H,11-16H2,1H3,(H,30,31). The van der Waals surface area contributed by atoms with Crippen molar-refractivity contribution in [3.63, 3.8) is 0 Å². The molecule has 1 aliphatic rings. The molecular weight excluding hydrogens is 432 g/mol. The molecule has 6 rings (SSSR count). The molecule has 1 N–H and O–H groups in total. The van der Waals surface area contributed by atoms with Gasteiger partial charge in [0.2, 0.25) is 0 Å². The summed E-state index contributed by atoms with van der Waals surface area (Å²) >= 11 is 0. The first-order valence-electron chi connectivity index (χ1n) is 12.3. The molecule has 0 amide bonds. The van der Waals surface area contributed by atoms with Crippen LogP contribution in [0.5, 0.6) is 0 Å². The van der Waals surface area contributed by atoms with E-state index in [0.717, 1.165) is 66.9 Å². The van der Waals surface area contributed by atoms with Crippen molar-refractivity contribution in [2.24, 2.45) is 0 Å². The Hall–Kier alpha value is -3.90. The Morgan fingerprint density at radius 1 is 0.857 bits per heavy atom. The number of nitrogens with zero attached hydrogens (tertiary/aromatic N) is 5. The normalized spacial score (nSPS) is 14.6. The van der Waals surface area contributed by atoms with Crippen molar-refractivity contribution in [1.29, 1.82) is 0 Å². The Morgan fingerprint density at radius 3 is 2.46 bits per heavy atom. The van der Waals surface area contributed by atoms with Gasteiger partial charge in [0, 0.05) is 79.1 Å². The summed E-state index contributed by atoms with van der Waals surface area (Å²) < 4.78 is 2.02. The number of hydrogen-bond acceptors (Lipinski definition) is 4. The summed E-state index contributed by atoms with van der Waals surface area (Å²) in [4.78, 5) is 12.9. The van der Waals surface area contributed by atoms with Gasteiger partial charge in [-0.25, -0.2) is 4.98 Å². The van der Waals surface area contributed by atoms with Gasteiger partial charge in [0.15, 0.2) is 0 Å². The first-order chi connectivity index (χ1) is 17.2. The van der Waals surface area contributed by atoms with E-state index in [1.54, 1.807) is 0 Å². The number of nitrogens with one attached hydrogen (secondary N) is 1. The van der Waals surface area contributed by atoms with E-state index in [4.69, 9.17) is 4.98 Å². The Morgan fingerprint density at radius 2 is 1.66 bits per heavy atom. The Labute approximate surface area is 205 Å². The van der Waals surface area contributed by atoms with Gasteiger partial charge in [-0.1, -0.05) is 42.5 Å². The third-order valence-corrected chi connectivity index (χ3v) is 7.02. The maximum absolute atomic E-state index is 4.71. The topological polar surface area (TPSA) is 53.0 Å². The van der Waals surface area contributed by atoms with Crippen molar-refractivity contribution in [2.75, 3.05) is 38.1 Å². The first kappa shape index (κ1) is 21.6. The van der Waals surface area contributed by atoms with Gasteiger partial charge < -0.3 is 14.8 Å². The van der Waals surface area contributed by atoms with Gasteiger partial charge in [0.25, 0.3) is 0 Å². The van der Waals surface area contributed by atoms with E-state index < -0.39 is 0 Å². The quantitative estimate of drug-likeness (QED) is 0.382. The number of likely N-dealkylation sites (N-methyl/N-ethyl adjacent to an activating group) is 1. The number of pyridine rings is 1. The van der Waals surface area contributed by atoms with Crippen molar-refractivity contribution in [3.05, 3.63) is 91.0 Å². The molecule has 4 heterocycles. The fraction of sp³-hybridized carbons (Fsp3) is 0.241. The molecule has 1 aliphatic heterocycles. The minimum absolute atomic E-state index is 0.857. The lowest BCUT2D eigenvalue weighted by atomic mass is 10.0. The largest absolute Gasteiger partial charge is 0.369 e. The zero-order valence-electron chi connectivity index (χ0n) is 20.1. The Kier molecular flexibility index (Phi) is 5.80. The predicted octanol–water partition coefficient (Wildman–Crippen LogP) is 5.09. The van der Waals surface area contributed by atoms with E-state index in [1.807, 2.05) is 23.3 Å². The van der Waals surface area contributed by atoms with Crippen LogP contribution in [0.15, 0.2) is 85.5 Å². The number of benzene rings is 2. The van der Waals surface area contributed by atoms with Crippen LogP contribution in [0.4, 0.5) is 5.69 Å². The van der Waals surface area contributed by atoms with Crippen LogP contribution in [-0.4, -0.2) is 57.9 Å². The summed E-state index contributed by atoms with van der Waals surface area (Å²) in [6.45, 7) is 5.24. The van der Waals surface area contributed by atoms with E-state index in [1.165, 1.54) is 16.8 Å². The van der Waals surface area contributed by atoms with Crippen molar-refractivity contribution in [1.82, 2.24) is 24.6 Å². The summed E-state index contributed by atoms with van der Waals surface area (Å²) in [7, 11) is 2.19. The minimum atomic E-state index is 0.857. The van der Waals surface area contributed by atoms with Crippen molar-refractivity contribution >= 4 is 16.7 Å². The molecule has 6 nitrogen and oxygen atoms in total. The highest BCUT2D eigenvalue weighted by molar-refractivity contribution is 5.95. The summed E-state index contributed by atoms with van der Waals surface area (Å²) in [5, 5.41) is 5.73. The van der Waals surface area contributed by atoms with Crippen LogP contribution in [0.25, 0.3) is 33.3 Å². The lowest BCUT2D eigenvalue weighted by Crippen LogP contribution is -2.44. The second-order valence-electron chi connectivity index (χ2n) is 9.39. The molecule has 1 saturated heterocycles. The van der Waals surface area contributed by atoms with Crippen molar-refractivity contribution in [3.8, 4) is 22.3 Å². The number of hydrogen-bond donors (Lipinski definition) is 1. The van der Waals surface area contributed by atoms with E-state index >= 15 is 0 Å². The molecule has 0 bridgehead atoms. The number of fused-ring (bicyclic) bond motifs is 1. The van der Waals surface area contributed by atoms with Crippen LogP contribution in [0, 0.1) is 0 Å². The Balaban J connectivity index is 1.22. The fourth-order valence-electron chi connectivity index (χ4n) is 4.84. The average Bonchev–Trinajstić information content (AvgIpc) is 3.55. The molecule has 1 fully saturated rings. The van der Waals surface area contributed by atoms with Gasteiger partial charge in [-0.2, -0.15) is 5.10 Å². The number of aromatic nitrogens is 4. The van der Waals surface area contributed by atoms with E-state index in [-0.39, 0.29) is 0 Å². The second kappa shape index (κ2) is 9.39. The zero-order valence-corrected chi connectivity index (χ0v) is 20.1. The maximum Gasteiger partial charge on any atom is 0.137 e. The molecule has 0 saturated carbocycles. The average molecular weight is 463 g/mol. The third-order valence-electron chi connectivity index (χ3n) is 7.02. The molecule has 0 aliphatic carbocycles. The summed E-state index contributed by atoms with van der Waals surface area (Å²) in [5.74, 6) is 0. The third kappa shape index (κ3) is 4.57. The number of H-pyrrole nitrogens is 1. The van der Waals surface area contributed by atoms with E-state index in [2.05, 4.69) is 93.8 Å². The van der Waals surface area contributed by atoms with Crippen LogP contribution in [0.2, 0.25) is 0 Å². The van der Waals surface area contributed by atoms with Gasteiger partial charge >= 0.3 is 0 Å². The highest BCUT2D eigenvalue weighted by atomic mass is 15.3. The van der Waals surface area contributed by atoms with Crippen LogP contribution in [0.3, 0.4) is 0 Å². The van der Waals surface area contributed by atoms with Crippen LogP contribution in [-0.2, 0) is 13.0 Å². The lowest BCUT2D eigenvalue weighted by molar-refractivity contribution is 0.313. The summed E-state index contributed by atoms with van der Waals surface area (Å²) in [6.07, 6.45) is 9.03. The highest BCUT2D eigenvalue weighted by Gasteiger charge is 2.15. The molecule has 0 spiro atoms. The fourth-order valence-corrected chi connectivity index (χ4v) is 4.84. The van der Waals surface area contributed by atoms with Gasteiger partial charge in [-0.3, -0.25) is 4.68 Å². The monoisotopic (exact) mass is 462 g/mol. The molecule has 3 aromatic heterocycles. The number of piperazine rings is 1. The number of rotatable bonds is 6. The maximum atomic E-state index is 4.71. The molecule has 2 aromatic carbocycles. The summed E-state index contributed by atoms with van der Waals surface area (Å²) in [6, 6.07) is 21.7. The number of aromatic amines is 1. The SMILES string of the molecule is CN1CCN(c2ccc(-c3cnc4[nH]cc(-c5cnn(CCc6ccccc6)c5)c4c3)cc2)CC1. The molecule has 0 radical (unpaired) electrons. The molecule has 5 aromatic rings. The van der Waals surface area contributed by atoms with Gasteiger partial charge in [0.1, 0.15) is 5.65 Å². The minimum Gasteiger partial charge on any atom is -0.369 e. The predicted molar refractivity (Wildman–Crippen MR) is 143 cm³/mol. The van der Waals surface area contributed by atoms with Gasteiger partial charge in [0.05, 0.1) is 6.20 Å². The van der Waals surface area contributed by atoms with E-state index in [9.17, 15) is 0 Å². The zero-order chi connectivity index (χ0) is 23.6. The van der Waals surface area contributed by atoms with Gasteiger partial charge in [-0.05, 0) is 42.8 Å². The van der Waals surface area contributed by atoms with E-state index in [0.29, 0.717) is 0 Å². The summed E-state index contributed by atoms with van der Waals surface area (Å²) in [5.41, 5.74) is 8.06. The molecule has 176 valence electrons. The Bertz CT molecular complexity index is 1410. The van der Waals surface area contributed by atoms with Crippen LogP contribution in [0.1, 0.15) is 5.56 Å². The first-order valence-corrected chi connectivity index (χ1v) is 12.3. The van der Waals surface area contributed by atoms with Crippen LogP contribution < -0.4 is 4.90 Å². The van der Waals surface area contributed by atoms with Gasteiger partial charge in [-0.15, -0.1) is 0 Å². The highest BCUT2D eigenvalue weighted by Crippen LogP contribution is 2.31. The molecule has 0 unspecified atom stereocenters. The molecule has 0 atom stereocenters. The lowest BCUT2D eigenvalue weighted by Gasteiger charge is -2.34. The molecular formula is C29H30N6. The van der Waals surface area contributed by atoms with Crippen LogP contribution >= 0.6 is 0 Å². The van der Waals surface area contributed by atoms with Crippen molar-refractivity contribution in [2.45, 2.75) is 13.0 Å². The molecule has 6 heteroatoms. The smallest absolute Gasteiger partial charge is 0.137 e. The number of anilines is 1.